The van der Waals surface area contributed by atoms with Crippen molar-refractivity contribution in [2.75, 3.05) is 52.5 Å². The van der Waals surface area contributed by atoms with Gasteiger partial charge >= 0.3 is 0 Å². The Morgan fingerprint density at radius 2 is 1.92 bits per heavy atom. The van der Waals surface area contributed by atoms with Crippen LogP contribution in [0.3, 0.4) is 0 Å². The van der Waals surface area contributed by atoms with E-state index in [2.05, 4.69) is 4.90 Å². The zero-order valence-electron chi connectivity index (χ0n) is 15.1. The molecule has 0 radical (unpaired) electrons. The lowest BCUT2D eigenvalue weighted by Crippen LogP contribution is -2.55. The van der Waals surface area contributed by atoms with Gasteiger partial charge in [0.15, 0.2) is 0 Å². The number of hydrogen-bond acceptors (Lipinski definition) is 5. The Bertz CT molecular complexity index is 587. The first-order valence-corrected chi connectivity index (χ1v) is 9.75. The fourth-order valence-corrected chi connectivity index (χ4v) is 3.72. The first-order chi connectivity index (χ1) is 12.6. The minimum absolute atomic E-state index is 0.0869. The van der Waals surface area contributed by atoms with Crippen LogP contribution in [0.1, 0.15) is 12.8 Å². The highest BCUT2D eigenvalue weighted by Gasteiger charge is 2.31. The maximum Gasteiger partial charge on any atom is 0.239 e. The quantitative estimate of drug-likeness (QED) is 0.811. The lowest BCUT2D eigenvalue weighted by atomic mass is 9.91. The summed E-state index contributed by atoms with van der Waals surface area (Å²) in [5.41, 5.74) is 6.22. The molecule has 0 aromatic heterocycles. The number of para-hydroxylation sites is 1. The number of piperazine rings is 1. The minimum Gasteiger partial charge on any atom is -0.491 e. The largest absolute Gasteiger partial charge is 0.491 e. The molecule has 2 N–H and O–H groups in total. The molecular formula is C19H28ClN3O3. The van der Waals surface area contributed by atoms with Gasteiger partial charge in [-0.3, -0.25) is 9.69 Å². The van der Waals surface area contributed by atoms with E-state index in [1.807, 2.05) is 29.2 Å². The number of carbonyl (C=O) groups excluding carboxylic acids is 1. The summed E-state index contributed by atoms with van der Waals surface area (Å²) in [6.45, 7) is 5.97. The molecule has 1 aromatic rings. The molecule has 0 aliphatic carbocycles. The van der Waals surface area contributed by atoms with Crippen molar-refractivity contribution in [2.45, 2.75) is 18.9 Å². The van der Waals surface area contributed by atoms with Gasteiger partial charge in [-0.2, -0.15) is 0 Å². The van der Waals surface area contributed by atoms with E-state index in [0.717, 1.165) is 45.6 Å². The number of nitrogens with zero attached hydrogens (tertiary/aromatic N) is 2. The van der Waals surface area contributed by atoms with Crippen LogP contribution in [-0.4, -0.2) is 74.3 Å². The SMILES string of the molecule is NC(C(=O)N1CCN(CCOc2ccccc2Cl)CC1)C1CCOCC1. The average molecular weight is 382 g/mol. The third kappa shape index (κ3) is 5.10. The first kappa shape index (κ1) is 19.4. The van der Waals surface area contributed by atoms with Gasteiger partial charge in [-0.25, -0.2) is 0 Å². The predicted octanol–water partition coefficient (Wildman–Crippen LogP) is 1.62. The number of carbonyl (C=O) groups is 1. The van der Waals surface area contributed by atoms with E-state index in [0.29, 0.717) is 30.6 Å². The van der Waals surface area contributed by atoms with E-state index in [-0.39, 0.29) is 11.8 Å². The monoisotopic (exact) mass is 381 g/mol. The predicted molar refractivity (Wildman–Crippen MR) is 101 cm³/mol. The standard InChI is InChI=1S/C19H28ClN3O3/c20-16-3-1-2-4-17(16)26-14-11-22-7-9-23(10-8-22)19(24)18(21)15-5-12-25-13-6-15/h1-4,15,18H,5-14,21H2. The summed E-state index contributed by atoms with van der Waals surface area (Å²) < 4.78 is 11.1. The van der Waals surface area contributed by atoms with Gasteiger partial charge in [0, 0.05) is 45.9 Å². The second-order valence-corrected chi connectivity index (χ2v) is 7.33. The van der Waals surface area contributed by atoms with Gasteiger partial charge in [0.25, 0.3) is 0 Å². The average Bonchev–Trinajstić information content (AvgIpc) is 2.69. The topological polar surface area (TPSA) is 68.0 Å². The molecule has 0 spiro atoms. The molecular weight excluding hydrogens is 354 g/mol. The van der Waals surface area contributed by atoms with E-state index in [4.69, 9.17) is 26.8 Å². The number of halogens is 1. The highest BCUT2D eigenvalue weighted by atomic mass is 35.5. The molecule has 26 heavy (non-hydrogen) atoms. The van der Waals surface area contributed by atoms with Gasteiger partial charge in [0.2, 0.25) is 5.91 Å². The molecule has 0 bridgehead atoms. The van der Waals surface area contributed by atoms with Crippen molar-refractivity contribution >= 4 is 17.5 Å². The van der Waals surface area contributed by atoms with Crippen molar-refractivity contribution in [3.8, 4) is 5.75 Å². The van der Waals surface area contributed by atoms with Crippen LogP contribution < -0.4 is 10.5 Å². The molecule has 1 aromatic carbocycles. The second kappa shape index (κ2) is 9.55. The number of benzene rings is 1. The maximum absolute atomic E-state index is 12.6. The minimum atomic E-state index is -0.394. The van der Waals surface area contributed by atoms with Gasteiger partial charge in [-0.15, -0.1) is 0 Å². The van der Waals surface area contributed by atoms with Crippen LogP contribution in [-0.2, 0) is 9.53 Å². The van der Waals surface area contributed by atoms with Crippen molar-refractivity contribution in [2.24, 2.45) is 11.7 Å². The van der Waals surface area contributed by atoms with Crippen LogP contribution in [0.4, 0.5) is 0 Å². The van der Waals surface area contributed by atoms with Crippen molar-refractivity contribution in [1.29, 1.82) is 0 Å². The van der Waals surface area contributed by atoms with Crippen molar-refractivity contribution in [3.63, 3.8) is 0 Å². The lowest BCUT2D eigenvalue weighted by molar-refractivity contribution is -0.136. The van der Waals surface area contributed by atoms with Crippen LogP contribution in [0, 0.1) is 5.92 Å². The Hall–Kier alpha value is -1.34. The molecule has 6 nitrogen and oxygen atoms in total. The Morgan fingerprint density at radius 1 is 1.23 bits per heavy atom. The van der Waals surface area contributed by atoms with Crippen LogP contribution in [0.15, 0.2) is 24.3 Å². The van der Waals surface area contributed by atoms with Crippen molar-refractivity contribution in [1.82, 2.24) is 9.80 Å². The van der Waals surface area contributed by atoms with Gasteiger partial charge in [0.05, 0.1) is 11.1 Å². The van der Waals surface area contributed by atoms with Gasteiger partial charge in [0.1, 0.15) is 12.4 Å². The molecule has 7 heteroatoms. The zero-order valence-corrected chi connectivity index (χ0v) is 15.9. The molecule has 144 valence electrons. The summed E-state index contributed by atoms with van der Waals surface area (Å²) in [6.07, 6.45) is 1.76. The van der Waals surface area contributed by atoms with Gasteiger partial charge in [-0.1, -0.05) is 23.7 Å². The second-order valence-electron chi connectivity index (χ2n) is 6.92. The lowest BCUT2D eigenvalue weighted by Gasteiger charge is -2.37. The summed E-state index contributed by atoms with van der Waals surface area (Å²) >= 11 is 6.09. The third-order valence-electron chi connectivity index (χ3n) is 5.24. The highest BCUT2D eigenvalue weighted by molar-refractivity contribution is 6.32. The number of hydrogen-bond donors (Lipinski definition) is 1. The molecule has 2 heterocycles. The summed E-state index contributed by atoms with van der Waals surface area (Å²) in [5.74, 6) is 1.05. The third-order valence-corrected chi connectivity index (χ3v) is 5.56. The molecule has 2 aliphatic rings. The Kier molecular flexibility index (Phi) is 7.14. The van der Waals surface area contributed by atoms with Crippen LogP contribution in [0.5, 0.6) is 5.75 Å². The Morgan fingerprint density at radius 3 is 2.62 bits per heavy atom. The van der Waals surface area contributed by atoms with Gasteiger partial charge < -0.3 is 20.1 Å². The van der Waals surface area contributed by atoms with E-state index in [1.165, 1.54) is 0 Å². The maximum atomic E-state index is 12.6. The molecule has 3 rings (SSSR count). The highest BCUT2D eigenvalue weighted by Crippen LogP contribution is 2.23. The first-order valence-electron chi connectivity index (χ1n) is 9.37. The Labute approximate surface area is 160 Å². The molecule has 2 aliphatic heterocycles. The van der Waals surface area contributed by atoms with E-state index in [9.17, 15) is 4.79 Å². The summed E-state index contributed by atoms with van der Waals surface area (Å²) in [7, 11) is 0. The van der Waals surface area contributed by atoms with E-state index >= 15 is 0 Å². The number of rotatable bonds is 6. The number of nitrogens with two attached hydrogens (primary N) is 1. The molecule has 2 fully saturated rings. The van der Waals surface area contributed by atoms with Crippen LogP contribution >= 0.6 is 11.6 Å². The summed E-state index contributed by atoms with van der Waals surface area (Å²) in [4.78, 5) is 16.9. The van der Waals surface area contributed by atoms with Crippen molar-refractivity contribution in [3.05, 3.63) is 29.3 Å². The van der Waals surface area contributed by atoms with Gasteiger partial charge in [-0.05, 0) is 30.9 Å². The molecule has 0 saturated carbocycles. The van der Waals surface area contributed by atoms with Crippen LogP contribution in [0.2, 0.25) is 5.02 Å². The van der Waals surface area contributed by atoms with Crippen molar-refractivity contribution < 1.29 is 14.3 Å². The summed E-state index contributed by atoms with van der Waals surface area (Å²) in [6, 6.07) is 7.09. The Balaban J connectivity index is 1.38. The fourth-order valence-electron chi connectivity index (χ4n) is 3.53. The molecule has 1 amide bonds. The number of amides is 1. The molecule has 1 atom stereocenters. The van der Waals surface area contributed by atoms with E-state index < -0.39 is 6.04 Å². The summed E-state index contributed by atoms with van der Waals surface area (Å²) in [5, 5.41) is 0.630. The number of ether oxygens (including phenoxy) is 2. The molecule has 2 saturated heterocycles. The smallest absolute Gasteiger partial charge is 0.239 e. The van der Waals surface area contributed by atoms with Crippen LogP contribution in [0.25, 0.3) is 0 Å². The zero-order chi connectivity index (χ0) is 18.4. The van der Waals surface area contributed by atoms with E-state index in [1.54, 1.807) is 0 Å². The molecule has 1 unspecified atom stereocenters. The fraction of sp³-hybridized carbons (Fsp3) is 0.632. The normalized spacial score (nSPS) is 20.8.